The molecule has 0 saturated heterocycles. The van der Waals surface area contributed by atoms with Crippen LogP contribution in [0.2, 0.25) is 0 Å². The summed E-state index contributed by atoms with van der Waals surface area (Å²) in [6, 6.07) is 4.05. The third-order valence-corrected chi connectivity index (χ3v) is 2.09. The van der Waals surface area contributed by atoms with Crippen molar-refractivity contribution in [2.45, 2.75) is 0 Å². The van der Waals surface area contributed by atoms with Crippen LogP contribution in [0, 0.1) is 0 Å². The number of urea groups is 1. The van der Waals surface area contributed by atoms with Crippen LogP contribution in [-0.4, -0.2) is 24.2 Å². The van der Waals surface area contributed by atoms with Crippen LogP contribution in [0.3, 0.4) is 0 Å². The van der Waals surface area contributed by atoms with Crippen LogP contribution < -0.4 is 10.6 Å². The minimum Gasteiger partial charge on any atom is -0.478 e. The fourth-order valence-corrected chi connectivity index (χ4v) is 1.47. The molecule has 0 unspecified atom stereocenters. The van der Waals surface area contributed by atoms with E-state index in [-0.39, 0.29) is 5.56 Å². The Morgan fingerprint density at radius 1 is 1.33 bits per heavy atom. The summed E-state index contributed by atoms with van der Waals surface area (Å²) >= 11 is 3.16. The van der Waals surface area contributed by atoms with Gasteiger partial charge in [0.15, 0.2) is 0 Å². The molecule has 0 atom stereocenters. The number of rotatable bonds is 2. The lowest BCUT2D eigenvalue weighted by Gasteiger charge is -2.05. The quantitative estimate of drug-likeness (QED) is 0.770. The van der Waals surface area contributed by atoms with Gasteiger partial charge in [-0.2, -0.15) is 0 Å². The summed E-state index contributed by atoms with van der Waals surface area (Å²) in [5.74, 6) is -1.05. The van der Waals surface area contributed by atoms with Gasteiger partial charge in [-0.25, -0.2) is 9.59 Å². The molecule has 1 rings (SSSR count). The summed E-state index contributed by atoms with van der Waals surface area (Å²) in [6.07, 6.45) is 0. The Balaban J connectivity index is 2.98. The molecular formula is C9H9BrN2O3. The lowest BCUT2D eigenvalue weighted by atomic mass is 10.2. The highest BCUT2D eigenvalue weighted by Gasteiger charge is 2.07. The van der Waals surface area contributed by atoms with Gasteiger partial charge in [0.05, 0.1) is 5.56 Å². The van der Waals surface area contributed by atoms with Gasteiger partial charge in [-0.15, -0.1) is 0 Å². The highest BCUT2D eigenvalue weighted by molar-refractivity contribution is 9.10. The number of carbonyl (C=O) groups excluding carboxylic acids is 1. The molecule has 80 valence electrons. The van der Waals surface area contributed by atoms with Gasteiger partial charge >= 0.3 is 12.0 Å². The third-order valence-electron chi connectivity index (χ3n) is 1.63. The van der Waals surface area contributed by atoms with E-state index >= 15 is 0 Å². The Labute approximate surface area is 94.6 Å². The van der Waals surface area contributed by atoms with Crippen molar-refractivity contribution < 1.29 is 14.7 Å². The van der Waals surface area contributed by atoms with Crippen molar-refractivity contribution in [3.05, 3.63) is 28.2 Å². The van der Waals surface area contributed by atoms with Crippen LogP contribution >= 0.6 is 15.9 Å². The highest BCUT2D eigenvalue weighted by atomic mass is 79.9. The summed E-state index contributed by atoms with van der Waals surface area (Å²) in [7, 11) is 1.48. The number of carboxylic acid groups (broad SMARTS) is 1. The Bertz CT molecular complexity index is 406. The molecule has 0 bridgehead atoms. The first-order valence-corrected chi connectivity index (χ1v) is 4.85. The molecule has 0 heterocycles. The van der Waals surface area contributed by atoms with E-state index in [4.69, 9.17) is 5.11 Å². The molecule has 0 fully saturated rings. The molecule has 6 heteroatoms. The Hall–Kier alpha value is -1.56. The zero-order valence-electron chi connectivity index (χ0n) is 7.87. The van der Waals surface area contributed by atoms with Crippen LogP contribution in [0.4, 0.5) is 10.5 Å². The van der Waals surface area contributed by atoms with Gasteiger partial charge in [0.2, 0.25) is 0 Å². The summed E-state index contributed by atoms with van der Waals surface area (Å²) < 4.78 is 0.591. The smallest absolute Gasteiger partial charge is 0.335 e. The van der Waals surface area contributed by atoms with Gasteiger partial charge in [0, 0.05) is 17.2 Å². The minimum absolute atomic E-state index is 0.107. The summed E-state index contributed by atoms with van der Waals surface area (Å²) in [6.45, 7) is 0. The number of aromatic carboxylic acids is 1. The highest BCUT2D eigenvalue weighted by Crippen LogP contribution is 2.19. The average Bonchev–Trinajstić information content (AvgIpc) is 2.16. The molecule has 0 spiro atoms. The second-order valence-electron chi connectivity index (χ2n) is 2.74. The molecule has 1 aromatic carbocycles. The number of benzene rings is 1. The Kier molecular flexibility index (Phi) is 3.68. The largest absolute Gasteiger partial charge is 0.478 e. The molecule has 5 nitrogen and oxygen atoms in total. The van der Waals surface area contributed by atoms with Crippen molar-refractivity contribution in [3.63, 3.8) is 0 Å². The zero-order valence-corrected chi connectivity index (χ0v) is 9.46. The van der Waals surface area contributed by atoms with Gasteiger partial charge in [0.1, 0.15) is 0 Å². The minimum atomic E-state index is -1.05. The first kappa shape index (κ1) is 11.5. The molecule has 3 N–H and O–H groups in total. The van der Waals surface area contributed by atoms with Crippen molar-refractivity contribution in [3.8, 4) is 0 Å². The van der Waals surface area contributed by atoms with Crippen molar-refractivity contribution in [2.24, 2.45) is 0 Å². The first-order chi connectivity index (χ1) is 7.02. The van der Waals surface area contributed by atoms with Gasteiger partial charge in [-0.05, 0) is 18.2 Å². The van der Waals surface area contributed by atoms with Crippen molar-refractivity contribution in [1.82, 2.24) is 5.32 Å². The molecule has 1 aromatic rings. The topological polar surface area (TPSA) is 78.4 Å². The number of hydrogen-bond acceptors (Lipinski definition) is 2. The summed E-state index contributed by atoms with van der Waals surface area (Å²) in [5.41, 5.74) is 0.525. The van der Waals surface area contributed by atoms with Gasteiger partial charge in [-0.3, -0.25) is 0 Å². The van der Waals surface area contributed by atoms with E-state index in [1.165, 1.54) is 19.2 Å². The third kappa shape index (κ3) is 3.25. The number of hydrogen-bond donors (Lipinski definition) is 3. The van der Waals surface area contributed by atoms with Crippen LogP contribution in [0.1, 0.15) is 10.4 Å². The van der Waals surface area contributed by atoms with E-state index in [1.807, 2.05) is 0 Å². The maximum atomic E-state index is 11.0. The van der Waals surface area contributed by atoms with Crippen molar-refractivity contribution in [2.75, 3.05) is 12.4 Å². The molecule has 0 aliphatic rings. The second-order valence-corrected chi connectivity index (χ2v) is 3.65. The molecule has 0 aliphatic carbocycles. The lowest BCUT2D eigenvalue weighted by Crippen LogP contribution is -2.24. The van der Waals surface area contributed by atoms with E-state index < -0.39 is 12.0 Å². The van der Waals surface area contributed by atoms with E-state index in [2.05, 4.69) is 26.6 Å². The Morgan fingerprint density at radius 3 is 2.53 bits per heavy atom. The number of nitrogens with one attached hydrogen (secondary N) is 2. The number of anilines is 1. The number of carbonyl (C=O) groups is 2. The normalized spacial score (nSPS) is 9.47. The predicted molar refractivity (Wildman–Crippen MR) is 59.2 cm³/mol. The number of carboxylic acids is 1. The van der Waals surface area contributed by atoms with E-state index in [0.717, 1.165) is 0 Å². The van der Waals surface area contributed by atoms with E-state index in [0.29, 0.717) is 10.2 Å². The lowest BCUT2D eigenvalue weighted by molar-refractivity contribution is 0.0697. The fourth-order valence-electron chi connectivity index (χ4n) is 0.979. The predicted octanol–water partition coefficient (Wildman–Crippen LogP) is 1.90. The molecule has 0 radical (unpaired) electrons. The number of amides is 2. The van der Waals surface area contributed by atoms with Crippen LogP contribution in [-0.2, 0) is 0 Å². The average molecular weight is 273 g/mol. The van der Waals surface area contributed by atoms with Crippen LogP contribution in [0.25, 0.3) is 0 Å². The zero-order chi connectivity index (χ0) is 11.4. The standard InChI is InChI=1S/C9H9BrN2O3/c1-11-9(15)12-7-3-5(8(13)14)2-6(10)4-7/h2-4H,1H3,(H,13,14)(H2,11,12,15). The summed E-state index contributed by atoms with van der Waals surface area (Å²) in [4.78, 5) is 21.7. The van der Waals surface area contributed by atoms with E-state index in [9.17, 15) is 9.59 Å². The second kappa shape index (κ2) is 4.79. The van der Waals surface area contributed by atoms with Crippen LogP contribution in [0.15, 0.2) is 22.7 Å². The molecule has 15 heavy (non-hydrogen) atoms. The Morgan fingerprint density at radius 2 is 2.00 bits per heavy atom. The molecule has 0 aliphatic heterocycles. The molecule has 0 aromatic heterocycles. The summed E-state index contributed by atoms with van der Waals surface area (Å²) in [5, 5.41) is 13.6. The molecule has 2 amide bonds. The number of halogens is 1. The van der Waals surface area contributed by atoms with Gasteiger partial charge < -0.3 is 15.7 Å². The van der Waals surface area contributed by atoms with Crippen molar-refractivity contribution in [1.29, 1.82) is 0 Å². The van der Waals surface area contributed by atoms with Gasteiger partial charge in [-0.1, -0.05) is 15.9 Å². The fraction of sp³-hybridized carbons (Fsp3) is 0.111. The SMILES string of the molecule is CNC(=O)Nc1cc(Br)cc(C(=O)O)c1. The van der Waals surface area contributed by atoms with Crippen LogP contribution in [0.5, 0.6) is 0 Å². The first-order valence-electron chi connectivity index (χ1n) is 4.05. The monoisotopic (exact) mass is 272 g/mol. The van der Waals surface area contributed by atoms with E-state index in [1.54, 1.807) is 6.07 Å². The van der Waals surface area contributed by atoms with Crippen molar-refractivity contribution >= 4 is 33.6 Å². The maximum Gasteiger partial charge on any atom is 0.335 e. The molecular weight excluding hydrogens is 264 g/mol. The maximum absolute atomic E-state index is 11.0. The van der Waals surface area contributed by atoms with Gasteiger partial charge in [0.25, 0.3) is 0 Å². The molecule has 0 saturated carbocycles.